The number of amides is 3. The number of alkyl carbamates (subject to hydrolysis) is 1. The predicted octanol–water partition coefficient (Wildman–Crippen LogP) is 5.10. The van der Waals surface area contributed by atoms with Gasteiger partial charge in [0.2, 0.25) is 0 Å². The highest BCUT2D eigenvalue weighted by molar-refractivity contribution is 6.29. The van der Waals surface area contributed by atoms with Gasteiger partial charge in [0, 0.05) is 54.9 Å². The summed E-state index contributed by atoms with van der Waals surface area (Å²) in [5.41, 5.74) is 27.3. The molecule has 64 heavy (non-hydrogen) atoms. The maximum absolute atomic E-state index is 11.8. The standard InChI is InChI=1S/C19H27N7O2.C14H16ClN5O.C10H20N2O3/c1-10(2)17-11(3)4-5-15(24-17)23-14-8-16(25-26-18(14)19(21)27)22-13-6-7-28-9-12(13)20;1-7(2)12-8(3)4-5-11(18-12)17-9-6-10(15)19-20-13(9)14(16)21;1-10(2,3)15-9(13)12-8-6-14-5-4-7(8)11/h4-5,8,10,12-13H,6-7,9,20H2,1-3H3,(H2,21,27)(H2,22,23,24,25);4-7H,1-3H3,(H2,16,21)(H,17,18,19);7-8H,4-6,11H2,1-3H3,(H,12,13)/t12-,13+;;7-,8+/m0.1/s1. The van der Waals surface area contributed by atoms with Crippen LogP contribution in [0.1, 0.15) is 117 Å². The summed E-state index contributed by atoms with van der Waals surface area (Å²) in [5.74, 6) is 0.931. The fourth-order valence-corrected chi connectivity index (χ4v) is 6.70. The average Bonchev–Trinajstić information content (AvgIpc) is 3.20. The molecule has 3 amide bonds. The molecule has 2 aliphatic heterocycles. The van der Waals surface area contributed by atoms with Gasteiger partial charge in [-0.3, -0.25) is 9.59 Å². The fourth-order valence-electron chi connectivity index (χ4n) is 6.55. The molecule has 2 fully saturated rings. The van der Waals surface area contributed by atoms with Crippen LogP contribution >= 0.6 is 11.6 Å². The van der Waals surface area contributed by atoms with Crippen LogP contribution in [0.5, 0.6) is 0 Å². The van der Waals surface area contributed by atoms with Crippen molar-refractivity contribution in [3.63, 3.8) is 0 Å². The Balaban J connectivity index is 0.000000221. The number of hydrogen-bond acceptors (Lipinski definition) is 17. The van der Waals surface area contributed by atoms with Crippen LogP contribution < -0.4 is 44.2 Å². The molecule has 6 heterocycles. The molecule has 2 saturated heterocycles. The molecule has 4 aromatic rings. The Morgan fingerprint density at radius 3 is 1.73 bits per heavy atom. The van der Waals surface area contributed by atoms with Gasteiger partial charge in [-0.05, 0) is 82.6 Å². The van der Waals surface area contributed by atoms with Crippen LogP contribution in [0.4, 0.5) is 33.6 Å². The van der Waals surface area contributed by atoms with E-state index in [9.17, 15) is 14.4 Å². The highest BCUT2D eigenvalue weighted by atomic mass is 35.5. The Morgan fingerprint density at radius 2 is 1.23 bits per heavy atom. The minimum atomic E-state index is -0.683. The van der Waals surface area contributed by atoms with Gasteiger partial charge < -0.3 is 58.4 Å². The van der Waals surface area contributed by atoms with Gasteiger partial charge in [0.15, 0.2) is 22.4 Å². The summed E-state index contributed by atoms with van der Waals surface area (Å²) in [6.45, 7) is 20.0. The largest absolute Gasteiger partial charge is 0.444 e. The number of carbonyl (C=O) groups is 3. The second-order valence-electron chi connectivity index (χ2n) is 17.1. The van der Waals surface area contributed by atoms with E-state index in [1.807, 2.05) is 58.9 Å². The van der Waals surface area contributed by atoms with Crippen molar-refractivity contribution in [3.05, 3.63) is 75.5 Å². The number of carbonyl (C=O) groups excluding carboxylic acids is 3. The average molecular weight is 908 g/mol. The molecule has 348 valence electrons. The van der Waals surface area contributed by atoms with E-state index < -0.39 is 23.5 Å². The van der Waals surface area contributed by atoms with Crippen LogP contribution in [0.15, 0.2) is 36.4 Å². The molecule has 4 atom stereocenters. The monoisotopic (exact) mass is 906 g/mol. The molecule has 6 rings (SSSR count). The first kappa shape index (κ1) is 50.8. The number of nitrogens with one attached hydrogen (secondary N) is 4. The smallest absolute Gasteiger partial charge is 0.408 e. The number of aryl methyl sites for hydroxylation is 2. The number of aromatic nitrogens is 6. The minimum absolute atomic E-state index is 0.0142. The predicted molar refractivity (Wildman–Crippen MR) is 246 cm³/mol. The normalized spacial score (nSPS) is 18.4. The topological polar surface area (TPSA) is 308 Å². The lowest BCUT2D eigenvalue weighted by Gasteiger charge is -2.30. The molecule has 0 bridgehead atoms. The van der Waals surface area contributed by atoms with Gasteiger partial charge in [-0.15, -0.1) is 20.4 Å². The van der Waals surface area contributed by atoms with Crippen molar-refractivity contribution in [2.75, 3.05) is 42.4 Å². The number of halogens is 1. The highest BCUT2D eigenvalue weighted by Crippen LogP contribution is 2.26. The molecule has 12 N–H and O–H groups in total. The molecule has 0 aromatic carbocycles. The summed E-state index contributed by atoms with van der Waals surface area (Å²) in [7, 11) is 0. The third kappa shape index (κ3) is 15.5. The van der Waals surface area contributed by atoms with Gasteiger partial charge in [0.25, 0.3) is 11.8 Å². The van der Waals surface area contributed by atoms with Crippen molar-refractivity contribution in [3.8, 4) is 0 Å². The van der Waals surface area contributed by atoms with Crippen molar-refractivity contribution in [1.82, 2.24) is 35.7 Å². The van der Waals surface area contributed by atoms with Gasteiger partial charge in [-0.2, -0.15) is 0 Å². The molecular formula is C43H63ClN14O6. The number of rotatable bonds is 11. The van der Waals surface area contributed by atoms with Gasteiger partial charge in [-0.25, -0.2) is 14.8 Å². The van der Waals surface area contributed by atoms with E-state index in [-0.39, 0.29) is 46.6 Å². The van der Waals surface area contributed by atoms with Crippen LogP contribution in [0.2, 0.25) is 5.15 Å². The first-order valence-corrected chi connectivity index (χ1v) is 21.4. The second kappa shape index (κ2) is 23.2. The van der Waals surface area contributed by atoms with E-state index in [0.717, 1.165) is 35.4 Å². The van der Waals surface area contributed by atoms with Gasteiger partial charge in [0.1, 0.15) is 17.2 Å². The number of pyridine rings is 2. The van der Waals surface area contributed by atoms with Crippen molar-refractivity contribution in [2.24, 2.45) is 22.9 Å². The third-order valence-electron chi connectivity index (χ3n) is 9.76. The lowest BCUT2D eigenvalue weighted by molar-refractivity contribution is 0.0298. The molecule has 0 radical (unpaired) electrons. The summed E-state index contributed by atoms with van der Waals surface area (Å²) in [4.78, 5) is 43.8. The van der Waals surface area contributed by atoms with E-state index in [1.54, 1.807) is 6.07 Å². The Kier molecular flexibility index (Phi) is 18.4. The molecule has 0 saturated carbocycles. The summed E-state index contributed by atoms with van der Waals surface area (Å²) in [6.07, 6.45) is 1.09. The van der Waals surface area contributed by atoms with Crippen molar-refractivity contribution < 1.29 is 28.6 Å². The van der Waals surface area contributed by atoms with Crippen LogP contribution in [-0.4, -0.2) is 104 Å². The Morgan fingerprint density at radius 1 is 0.719 bits per heavy atom. The third-order valence-corrected chi connectivity index (χ3v) is 9.95. The first-order chi connectivity index (χ1) is 30.1. The number of anilines is 5. The molecule has 2 aliphatic rings. The number of hydrogen-bond donors (Lipinski definition) is 8. The van der Waals surface area contributed by atoms with Gasteiger partial charge >= 0.3 is 6.09 Å². The molecule has 0 unspecified atom stereocenters. The maximum Gasteiger partial charge on any atom is 0.408 e. The molecular weight excluding hydrogens is 844 g/mol. The summed E-state index contributed by atoms with van der Waals surface area (Å²) in [6, 6.07) is 10.5. The lowest BCUT2D eigenvalue weighted by atomic mass is 10.0. The van der Waals surface area contributed by atoms with Crippen LogP contribution in [-0.2, 0) is 14.2 Å². The molecule has 0 spiro atoms. The zero-order valence-corrected chi connectivity index (χ0v) is 38.7. The molecule has 4 aromatic heterocycles. The Hall–Kier alpha value is -5.80. The quantitative estimate of drug-likeness (QED) is 0.0970. The SMILES string of the molecule is CC(C)(C)OC(=O)N[C@H]1COCC[C@H]1N.Cc1ccc(Nc2cc(Cl)nnc2C(N)=O)nc1C(C)C.Cc1ccc(Nc2cc(N[C@@H]3CCOC[C@@H]3N)nnc2C(N)=O)nc1C(C)C. The van der Waals surface area contributed by atoms with E-state index in [2.05, 4.69) is 79.3 Å². The first-order valence-electron chi connectivity index (χ1n) is 21.0. The van der Waals surface area contributed by atoms with Crippen LogP contribution in [0.3, 0.4) is 0 Å². The zero-order chi connectivity index (χ0) is 47.3. The van der Waals surface area contributed by atoms with Crippen molar-refractivity contribution in [2.45, 2.75) is 117 Å². The summed E-state index contributed by atoms with van der Waals surface area (Å²) in [5, 5.41) is 27.7. The summed E-state index contributed by atoms with van der Waals surface area (Å²) >= 11 is 5.81. The number of nitrogens with zero attached hydrogens (tertiary/aromatic N) is 6. The summed E-state index contributed by atoms with van der Waals surface area (Å²) < 4.78 is 15.7. The number of primary amides is 2. The van der Waals surface area contributed by atoms with E-state index in [0.29, 0.717) is 61.2 Å². The second-order valence-corrected chi connectivity index (χ2v) is 17.5. The fraction of sp³-hybridized carbons (Fsp3) is 0.512. The highest BCUT2D eigenvalue weighted by Gasteiger charge is 2.27. The Labute approximate surface area is 379 Å². The van der Waals surface area contributed by atoms with E-state index >= 15 is 0 Å². The molecule has 21 heteroatoms. The molecule has 0 aliphatic carbocycles. The van der Waals surface area contributed by atoms with Gasteiger partial charge in [0.05, 0.1) is 30.6 Å². The van der Waals surface area contributed by atoms with E-state index in [4.69, 9.17) is 48.7 Å². The molecule has 20 nitrogen and oxygen atoms in total. The Bertz CT molecular complexity index is 2220. The number of ether oxygens (including phenoxy) is 3. The van der Waals surface area contributed by atoms with Crippen LogP contribution in [0, 0.1) is 13.8 Å². The van der Waals surface area contributed by atoms with Crippen LogP contribution in [0.25, 0.3) is 0 Å². The van der Waals surface area contributed by atoms with Gasteiger partial charge in [-0.1, -0.05) is 51.4 Å². The zero-order valence-electron chi connectivity index (χ0n) is 38.0. The maximum atomic E-state index is 11.8. The van der Waals surface area contributed by atoms with Crippen molar-refractivity contribution in [1.29, 1.82) is 0 Å². The van der Waals surface area contributed by atoms with E-state index in [1.165, 1.54) is 6.07 Å². The minimum Gasteiger partial charge on any atom is -0.444 e. The number of nitrogens with two attached hydrogens (primary N) is 4. The van der Waals surface area contributed by atoms with Crippen molar-refractivity contribution >= 4 is 58.3 Å². The lowest BCUT2D eigenvalue weighted by Crippen LogP contribution is -2.54.